The van der Waals surface area contributed by atoms with Crippen LogP contribution < -0.4 is 5.56 Å². The second kappa shape index (κ2) is 7.44. The molecule has 0 atom stereocenters. The number of rotatable bonds is 4. The highest BCUT2D eigenvalue weighted by atomic mass is 32.2. The van der Waals surface area contributed by atoms with Crippen LogP contribution in [0.2, 0.25) is 0 Å². The van der Waals surface area contributed by atoms with Crippen molar-refractivity contribution in [2.24, 2.45) is 0 Å². The second-order valence-electron chi connectivity index (χ2n) is 6.78. The second-order valence-corrected chi connectivity index (χ2v) is 8.07. The maximum Gasteiger partial charge on any atom is 0.251 e. The van der Waals surface area contributed by atoms with Gasteiger partial charge in [0, 0.05) is 17.7 Å². The van der Waals surface area contributed by atoms with Gasteiger partial charge < -0.3 is 4.98 Å². The molecular formula is C21H22N2OS. The van der Waals surface area contributed by atoms with Crippen LogP contribution in [0.3, 0.4) is 0 Å². The molecule has 1 aliphatic carbocycles. The van der Waals surface area contributed by atoms with Crippen LogP contribution in [0.5, 0.6) is 0 Å². The normalized spacial score (nSPS) is 15.5. The molecule has 1 heterocycles. The highest BCUT2D eigenvalue weighted by Crippen LogP contribution is 2.31. The van der Waals surface area contributed by atoms with Crippen molar-refractivity contribution in [2.45, 2.75) is 48.9 Å². The molecule has 1 saturated carbocycles. The lowest BCUT2D eigenvalue weighted by molar-refractivity contribution is 0.515. The van der Waals surface area contributed by atoms with Crippen molar-refractivity contribution < 1.29 is 0 Å². The quantitative estimate of drug-likeness (QED) is 0.678. The number of aromatic nitrogens is 2. The molecule has 0 unspecified atom stereocenters. The van der Waals surface area contributed by atoms with Crippen molar-refractivity contribution in [3.63, 3.8) is 0 Å². The van der Waals surface area contributed by atoms with Crippen molar-refractivity contribution in [3.05, 3.63) is 70.1 Å². The van der Waals surface area contributed by atoms with Crippen LogP contribution in [0.25, 0.3) is 10.8 Å². The number of hydrogen-bond acceptors (Lipinski definition) is 3. The molecule has 2 aromatic carbocycles. The van der Waals surface area contributed by atoms with Gasteiger partial charge in [-0.2, -0.15) is 0 Å². The zero-order valence-electron chi connectivity index (χ0n) is 14.2. The summed E-state index contributed by atoms with van der Waals surface area (Å²) in [6.07, 6.45) is 7.06. The maximum absolute atomic E-state index is 12.0. The van der Waals surface area contributed by atoms with E-state index in [0.717, 1.165) is 10.9 Å². The molecule has 1 N–H and O–H groups in total. The van der Waals surface area contributed by atoms with Gasteiger partial charge in [0.1, 0.15) is 0 Å². The molecule has 1 fully saturated rings. The van der Waals surface area contributed by atoms with Gasteiger partial charge >= 0.3 is 0 Å². The van der Waals surface area contributed by atoms with E-state index in [9.17, 15) is 4.79 Å². The van der Waals surface area contributed by atoms with E-state index in [0.29, 0.717) is 11.7 Å². The Morgan fingerprint density at radius 3 is 2.64 bits per heavy atom. The number of thioether (sulfide) groups is 1. The lowest BCUT2D eigenvalue weighted by Gasteiger charge is -2.20. The van der Waals surface area contributed by atoms with Crippen molar-refractivity contribution >= 4 is 22.5 Å². The van der Waals surface area contributed by atoms with Gasteiger partial charge in [-0.1, -0.05) is 73.5 Å². The zero-order chi connectivity index (χ0) is 17.1. The Morgan fingerprint density at radius 2 is 1.80 bits per heavy atom. The zero-order valence-corrected chi connectivity index (χ0v) is 15.0. The number of fused-ring (bicyclic) bond motifs is 1. The van der Waals surface area contributed by atoms with Gasteiger partial charge in [-0.15, -0.1) is 0 Å². The average Bonchev–Trinajstić information content (AvgIpc) is 2.62. The molecule has 4 heteroatoms. The van der Waals surface area contributed by atoms with Crippen molar-refractivity contribution in [1.82, 2.24) is 9.97 Å². The summed E-state index contributed by atoms with van der Waals surface area (Å²) in [5.74, 6) is 0. The van der Waals surface area contributed by atoms with Gasteiger partial charge in [-0.25, -0.2) is 4.98 Å². The van der Waals surface area contributed by atoms with Crippen molar-refractivity contribution in [3.8, 4) is 0 Å². The summed E-state index contributed by atoms with van der Waals surface area (Å²) in [6.45, 7) is 0. The molecule has 0 aliphatic heterocycles. The topological polar surface area (TPSA) is 45.8 Å². The van der Waals surface area contributed by atoms with Crippen LogP contribution in [0.15, 0.2) is 58.5 Å². The van der Waals surface area contributed by atoms with E-state index in [1.807, 2.05) is 0 Å². The molecule has 3 aromatic rings. The van der Waals surface area contributed by atoms with Crippen LogP contribution in [0.4, 0.5) is 0 Å². The first-order valence-corrected chi connectivity index (χ1v) is 9.89. The fourth-order valence-corrected chi connectivity index (χ4v) is 4.74. The van der Waals surface area contributed by atoms with Crippen molar-refractivity contribution in [2.75, 3.05) is 0 Å². The third-order valence-corrected chi connectivity index (χ3v) is 6.02. The number of aromatic amines is 1. The summed E-state index contributed by atoms with van der Waals surface area (Å²) in [6, 6.07) is 16.4. The minimum atomic E-state index is -0.0518. The predicted molar refractivity (Wildman–Crippen MR) is 104 cm³/mol. The van der Waals surface area contributed by atoms with Crippen LogP contribution in [-0.4, -0.2) is 15.2 Å². The van der Waals surface area contributed by atoms with E-state index >= 15 is 0 Å². The molecule has 3 nitrogen and oxygen atoms in total. The summed E-state index contributed by atoms with van der Waals surface area (Å²) >= 11 is 1.74. The molecule has 0 saturated heterocycles. The highest BCUT2D eigenvalue weighted by Gasteiger charge is 2.16. The number of nitrogens with zero attached hydrogens (tertiary/aromatic N) is 1. The summed E-state index contributed by atoms with van der Waals surface area (Å²) in [7, 11) is 0. The van der Waals surface area contributed by atoms with E-state index in [4.69, 9.17) is 4.98 Å². The lowest BCUT2D eigenvalue weighted by atomic mass is 10.0. The summed E-state index contributed by atoms with van der Waals surface area (Å²) in [4.78, 5) is 19.7. The first-order chi connectivity index (χ1) is 12.3. The Balaban J connectivity index is 1.55. The van der Waals surface area contributed by atoms with E-state index in [2.05, 4.69) is 47.4 Å². The minimum Gasteiger partial charge on any atom is -0.301 e. The molecule has 1 aromatic heterocycles. The van der Waals surface area contributed by atoms with Crippen LogP contribution in [0, 0.1) is 0 Å². The first-order valence-electron chi connectivity index (χ1n) is 9.01. The third-order valence-electron chi connectivity index (χ3n) is 4.80. The van der Waals surface area contributed by atoms with Gasteiger partial charge in [0.25, 0.3) is 5.56 Å². The molecule has 0 amide bonds. The van der Waals surface area contributed by atoms with E-state index in [1.54, 1.807) is 17.8 Å². The fraction of sp³-hybridized carbons (Fsp3) is 0.333. The summed E-state index contributed by atoms with van der Waals surface area (Å²) in [5.41, 5.74) is 1.98. The lowest BCUT2D eigenvalue weighted by Crippen LogP contribution is -2.14. The minimum absolute atomic E-state index is 0.0518. The SMILES string of the molecule is O=c1cc(Cc2ccc3ccccc3c2)nc(SC2CCCCC2)[nH]1. The van der Waals surface area contributed by atoms with Crippen LogP contribution >= 0.6 is 11.8 Å². The third kappa shape index (κ3) is 4.13. The van der Waals surface area contributed by atoms with Gasteiger partial charge in [0.15, 0.2) is 5.16 Å². The van der Waals surface area contributed by atoms with Crippen molar-refractivity contribution in [1.29, 1.82) is 0 Å². The molecular weight excluding hydrogens is 328 g/mol. The smallest absolute Gasteiger partial charge is 0.251 e. The number of hydrogen-bond donors (Lipinski definition) is 1. The molecule has 1 aliphatic rings. The number of nitrogens with one attached hydrogen (secondary N) is 1. The summed E-state index contributed by atoms with van der Waals surface area (Å²) < 4.78 is 0. The predicted octanol–water partition coefficient (Wildman–Crippen LogP) is 4.94. The molecule has 0 spiro atoms. The van der Waals surface area contributed by atoms with Crippen LogP contribution in [-0.2, 0) is 6.42 Å². The standard InChI is InChI=1S/C21H22N2OS/c24-20-14-18(22-21(23-20)25-19-8-2-1-3-9-19)13-15-10-11-16-6-4-5-7-17(16)12-15/h4-7,10-12,14,19H,1-3,8-9,13H2,(H,22,23,24). The largest absolute Gasteiger partial charge is 0.301 e. The van der Waals surface area contributed by atoms with E-state index in [-0.39, 0.29) is 5.56 Å². The van der Waals surface area contributed by atoms with Gasteiger partial charge in [0.05, 0.1) is 5.69 Å². The fourth-order valence-electron chi connectivity index (χ4n) is 3.53. The maximum atomic E-state index is 12.0. The highest BCUT2D eigenvalue weighted by molar-refractivity contribution is 7.99. The molecule has 0 radical (unpaired) electrons. The molecule has 0 bridgehead atoms. The van der Waals surface area contributed by atoms with Gasteiger partial charge in [0.2, 0.25) is 0 Å². The molecule has 128 valence electrons. The Hall–Kier alpha value is -2.07. The molecule has 4 rings (SSSR count). The monoisotopic (exact) mass is 350 g/mol. The Morgan fingerprint density at radius 1 is 1.00 bits per heavy atom. The summed E-state index contributed by atoms with van der Waals surface area (Å²) in [5, 5.41) is 3.82. The number of H-pyrrole nitrogens is 1. The van der Waals surface area contributed by atoms with E-state index in [1.165, 1.54) is 48.4 Å². The average molecular weight is 350 g/mol. The Labute approximate surface area is 151 Å². The van der Waals surface area contributed by atoms with Crippen LogP contribution in [0.1, 0.15) is 43.4 Å². The first kappa shape index (κ1) is 16.4. The van der Waals surface area contributed by atoms with E-state index < -0.39 is 0 Å². The van der Waals surface area contributed by atoms with Gasteiger partial charge in [-0.05, 0) is 29.2 Å². The Bertz CT molecular complexity index is 928. The van der Waals surface area contributed by atoms with Gasteiger partial charge in [-0.3, -0.25) is 4.79 Å². The Kier molecular flexibility index (Phi) is 4.88. The number of benzene rings is 2. The molecule has 25 heavy (non-hydrogen) atoms.